The van der Waals surface area contributed by atoms with Crippen LogP contribution in [0.4, 0.5) is 17.1 Å². The Hall–Kier alpha value is -4.86. The van der Waals surface area contributed by atoms with Crippen LogP contribution in [0.15, 0.2) is 60.7 Å². The number of ether oxygens (including phenoxy) is 1. The van der Waals surface area contributed by atoms with Crippen LogP contribution in [0.3, 0.4) is 0 Å². The van der Waals surface area contributed by atoms with E-state index in [2.05, 4.69) is 5.32 Å². The quantitative estimate of drug-likeness (QED) is 0.199. The third-order valence-corrected chi connectivity index (χ3v) is 5.33. The molecule has 0 bridgehead atoms. The van der Waals surface area contributed by atoms with Crippen LogP contribution in [-0.4, -0.2) is 34.5 Å². The van der Waals surface area contributed by atoms with E-state index in [4.69, 9.17) is 10.5 Å². The number of hydrogen-bond acceptors (Lipinski definition) is 8. The molecular formula is C24H17N3O7. The van der Waals surface area contributed by atoms with E-state index < -0.39 is 28.7 Å². The Morgan fingerprint density at radius 1 is 0.971 bits per heavy atom. The van der Waals surface area contributed by atoms with Crippen LogP contribution in [0.5, 0.6) is 0 Å². The van der Waals surface area contributed by atoms with Crippen molar-refractivity contribution in [1.82, 2.24) is 0 Å². The van der Waals surface area contributed by atoms with Gasteiger partial charge in [0, 0.05) is 34.5 Å². The molecule has 170 valence electrons. The zero-order chi connectivity index (χ0) is 24.6. The number of fused-ring (bicyclic) bond motifs is 2. The molecule has 3 N–H and O–H groups in total. The van der Waals surface area contributed by atoms with E-state index in [1.54, 1.807) is 18.2 Å². The lowest BCUT2D eigenvalue weighted by molar-refractivity contribution is -0.384. The van der Waals surface area contributed by atoms with Gasteiger partial charge in [-0.15, -0.1) is 0 Å². The molecule has 0 saturated carbocycles. The van der Waals surface area contributed by atoms with Crippen molar-refractivity contribution < 1.29 is 28.8 Å². The number of benzene rings is 3. The first-order valence-corrected chi connectivity index (χ1v) is 10.1. The molecule has 0 spiro atoms. The molecule has 1 aliphatic rings. The topological polar surface area (TPSA) is 159 Å². The minimum atomic E-state index is -1.29. The normalized spacial score (nSPS) is 12.9. The molecule has 1 unspecified atom stereocenters. The number of nitro groups is 1. The molecule has 1 amide bonds. The number of esters is 1. The number of carbonyl (C=O) groups is 4. The SMILES string of the molecule is CC(OC(=O)c1ccc2c(c1N)C(=O)c1ccccc1C2=O)C(=O)Nc1cccc([N+](=O)[O-])c1. The van der Waals surface area contributed by atoms with Crippen LogP contribution in [0.25, 0.3) is 0 Å². The molecule has 10 heteroatoms. The van der Waals surface area contributed by atoms with Gasteiger partial charge in [0.2, 0.25) is 0 Å². The Bertz CT molecular complexity index is 1400. The number of amides is 1. The molecule has 0 aromatic heterocycles. The monoisotopic (exact) mass is 459 g/mol. The van der Waals surface area contributed by atoms with E-state index in [1.807, 2.05) is 0 Å². The predicted octanol–water partition coefficient (Wildman–Crippen LogP) is 3.14. The van der Waals surface area contributed by atoms with E-state index in [9.17, 15) is 29.3 Å². The lowest BCUT2D eigenvalue weighted by Gasteiger charge is -2.20. The summed E-state index contributed by atoms with van der Waals surface area (Å²) in [7, 11) is 0. The maximum atomic E-state index is 13.0. The number of nitrogen functional groups attached to an aromatic ring is 1. The summed E-state index contributed by atoms with van der Waals surface area (Å²) in [6.07, 6.45) is -1.29. The van der Waals surface area contributed by atoms with Crippen LogP contribution in [0.1, 0.15) is 49.1 Å². The molecular weight excluding hydrogens is 442 g/mol. The summed E-state index contributed by atoms with van der Waals surface area (Å²) in [5.41, 5.74) is 6.06. The first-order chi connectivity index (χ1) is 16.2. The van der Waals surface area contributed by atoms with E-state index in [0.29, 0.717) is 0 Å². The molecule has 1 atom stereocenters. The maximum Gasteiger partial charge on any atom is 0.341 e. The fourth-order valence-electron chi connectivity index (χ4n) is 3.61. The van der Waals surface area contributed by atoms with Gasteiger partial charge in [0.1, 0.15) is 0 Å². The molecule has 10 nitrogen and oxygen atoms in total. The van der Waals surface area contributed by atoms with Gasteiger partial charge in [-0.3, -0.25) is 24.5 Å². The Labute approximate surface area is 192 Å². The fourth-order valence-corrected chi connectivity index (χ4v) is 3.61. The van der Waals surface area contributed by atoms with E-state index >= 15 is 0 Å². The third kappa shape index (κ3) is 3.88. The van der Waals surface area contributed by atoms with Crippen molar-refractivity contribution in [2.45, 2.75) is 13.0 Å². The Kier molecular flexibility index (Phi) is 5.64. The van der Waals surface area contributed by atoms with Crippen molar-refractivity contribution in [2.75, 3.05) is 11.1 Å². The average molecular weight is 459 g/mol. The van der Waals surface area contributed by atoms with Crippen LogP contribution in [0.2, 0.25) is 0 Å². The van der Waals surface area contributed by atoms with Gasteiger partial charge in [-0.1, -0.05) is 30.3 Å². The second-order valence-electron chi connectivity index (χ2n) is 7.50. The molecule has 0 aliphatic heterocycles. The van der Waals surface area contributed by atoms with E-state index in [1.165, 1.54) is 43.3 Å². The lowest BCUT2D eigenvalue weighted by Crippen LogP contribution is -2.30. The minimum absolute atomic E-state index is 0.0780. The second kappa shape index (κ2) is 8.58. The third-order valence-electron chi connectivity index (χ3n) is 5.33. The number of ketones is 2. The number of anilines is 2. The summed E-state index contributed by atoms with van der Waals surface area (Å²) in [6, 6.07) is 14.2. The molecule has 1 aliphatic carbocycles. The zero-order valence-electron chi connectivity index (χ0n) is 17.7. The summed E-state index contributed by atoms with van der Waals surface area (Å²) < 4.78 is 5.19. The van der Waals surface area contributed by atoms with Crippen molar-refractivity contribution in [2.24, 2.45) is 0 Å². The minimum Gasteiger partial charge on any atom is -0.449 e. The highest BCUT2D eigenvalue weighted by Gasteiger charge is 2.33. The van der Waals surface area contributed by atoms with Crippen molar-refractivity contribution >= 4 is 40.5 Å². The zero-order valence-corrected chi connectivity index (χ0v) is 17.7. The van der Waals surface area contributed by atoms with Gasteiger partial charge in [0.15, 0.2) is 17.7 Å². The van der Waals surface area contributed by atoms with Crippen molar-refractivity contribution in [1.29, 1.82) is 0 Å². The summed E-state index contributed by atoms with van der Waals surface area (Å²) in [4.78, 5) is 61.2. The molecule has 4 rings (SSSR count). The van der Waals surface area contributed by atoms with Gasteiger partial charge in [-0.2, -0.15) is 0 Å². The molecule has 0 heterocycles. The number of carbonyl (C=O) groups excluding carboxylic acids is 4. The van der Waals surface area contributed by atoms with Gasteiger partial charge < -0.3 is 15.8 Å². The summed E-state index contributed by atoms with van der Waals surface area (Å²) in [6.45, 7) is 1.31. The summed E-state index contributed by atoms with van der Waals surface area (Å²) >= 11 is 0. The van der Waals surface area contributed by atoms with Crippen LogP contribution in [0, 0.1) is 10.1 Å². The largest absolute Gasteiger partial charge is 0.449 e. The predicted molar refractivity (Wildman–Crippen MR) is 121 cm³/mol. The number of rotatable bonds is 5. The van der Waals surface area contributed by atoms with Gasteiger partial charge >= 0.3 is 5.97 Å². The Morgan fingerprint density at radius 3 is 2.32 bits per heavy atom. The maximum absolute atomic E-state index is 13.0. The smallest absolute Gasteiger partial charge is 0.341 e. The summed E-state index contributed by atoms with van der Waals surface area (Å²) in [5.74, 6) is -2.58. The molecule has 3 aromatic carbocycles. The highest BCUT2D eigenvalue weighted by atomic mass is 16.6. The van der Waals surface area contributed by atoms with Gasteiger partial charge in [0.05, 0.1) is 21.7 Å². The van der Waals surface area contributed by atoms with Crippen LogP contribution in [-0.2, 0) is 9.53 Å². The number of non-ortho nitro benzene ring substituents is 1. The number of nitrogens with two attached hydrogens (primary N) is 1. The van der Waals surface area contributed by atoms with E-state index in [-0.39, 0.29) is 50.7 Å². The Morgan fingerprint density at radius 2 is 1.65 bits per heavy atom. The first kappa shape index (κ1) is 22.3. The van der Waals surface area contributed by atoms with Gasteiger partial charge in [0.25, 0.3) is 11.6 Å². The highest BCUT2D eigenvalue weighted by molar-refractivity contribution is 6.30. The number of nitrogens with one attached hydrogen (secondary N) is 1. The molecule has 34 heavy (non-hydrogen) atoms. The second-order valence-corrected chi connectivity index (χ2v) is 7.50. The number of nitro benzene ring substituents is 1. The van der Waals surface area contributed by atoms with Crippen molar-refractivity contribution in [3.63, 3.8) is 0 Å². The standard InChI is InChI=1S/C24H17N3O7/c1-12(23(30)26-13-5-4-6-14(11-13)27(32)33)34-24(31)18-10-9-17-19(20(18)25)22(29)16-8-3-2-7-15(16)21(17)28/h2-12H,25H2,1H3,(H,26,30). The van der Waals surface area contributed by atoms with Crippen molar-refractivity contribution in [3.05, 3.63) is 98.6 Å². The lowest BCUT2D eigenvalue weighted by atomic mass is 9.82. The van der Waals surface area contributed by atoms with Crippen LogP contribution >= 0.6 is 0 Å². The molecule has 0 radical (unpaired) electrons. The average Bonchev–Trinajstić information content (AvgIpc) is 2.82. The van der Waals surface area contributed by atoms with Crippen molar-refractivity contribution in [3.8, 4) is 0 Å². The number of hydrogen-bond donors (Lipinski definition) is 2. The highest BCUT2D eigenvalue weighted by Crippen LogP contribution is 2.33. The fraction of sp³-hybridized carbons (Fsp3) is 0.0833. The Balaban J connectivity index is 1.54. The molecule has 0 fully saturated rings. The van der Waals surface area contributed by atoms with E-state index in [0.717, 1.165) is 6.07 Å². The van der Waals surface area contributed by atoms with Gasteiger partial charge in [-0.05, 0) is 25.1 Å². The summed E-state index contributed by atoms with van der Waals surface area (Å²) in [5, 5.41) is 13.3. The first-order valence-electron chi connectivity index (χ1n) is 10.1. The van der Waals surface area contributed by atoms with Gasteiger partial charge in [-0.25, -0.2) is 4.79 Å². The molecule has 0 saturated heterocycles. The van der Waals surface area contributed by atoms with Crippen LogP contribution < -0.4 is 11.1 Å². The number of nitrogens with zero attached hydrogens (tertiary/aromatic N) is 1. The molecule has 3 aromatic rings.